The van der Waals surface area contributed by atoms with E-state index in [0.29, 0.717) is 0 Å². The van der Waals surface area contributed by atoms with Gasteiger partial charge in [0.15, 0.2) is 0 Å². The Hall–Kier alpha value is -7.16. The van der Waals surface area contributed by atoms with Gasteiger partial charge in [-0.25, -0.2) is 0 Å². The van der Waals surface area contributed by atoms with Crippen LogP contribution in [-0.2, 0) is 5.41 Å². The molecular weight excluding hydrogens is 749 g/mol. The van der Waals surface area contributed by atoms with Gasteiger partial charge in [0.1, 0.15) is 0 Å². The third kappa shape index (κ3) is 6.59. The van der Waals surface area contributed by atoms with Crippen LogP contribution in [0.3, 0.4) is 0 Å². The molecule has 0 unspecified atom stereocenters. The van der Waals surface area contributed by atoms with Crippen molar-refractivity contribution in [3.63, 3.8) is 0 Å². The summed E-state index contributed by atoms with van der Waals surface area (Å²) in [4.78, 5) is 5.08. The molecule has 302 valence electrons. The van der Waals surface area contributed by atoms with Crippen molar-refractivity contribution < 1.29 is 0 Å². The predicted molar refractivity (Wildman–Crippen MR) is 268 cm³/mol. The van der Waals surface area contributed by atoms with Gasteiger partial charge >= 0.3 is 0 Å². The fourth-order valence-electron chi connectivity index (χ4n) is 9.83. The van der Waals surface area contributed by atoms with Crippen molar-refractivity contribution >= 4 is 66.4 Å². The molecule has 0 fully saturated rings. The quantitative estimate of drug-likeness (QED) is 0.141. The molecule has 0 spiro atoms. The molecule has 2 heteroatoms. The van der Waals surface area contributed by atoms with E-state index in [1.165, 1.54) is 93.8 Å². The molecule has 0 saturated carbocycles. The minimum Gasteiger partial charge on any atom is -0.309 e. The minimum atomic E-state index is 0.00658. The Bertz CT molecular complexity index is 3030. The maximum atomic E-state index is 2.54. The molecule has 0 bridgehead atoms. The van der Waals surface area contributed by atoms with Crippen molar-refractivity contribution in [3.05, 3.63) is 216 Å². The lowest BCUT2D eigenvalue weighted by atomic mass is 9.83. The summed E-state index contributed by atoms with van der Waals surface area (Å²) in [6.45, 7) is 16.1. The number of anilines is 6. The van der Waals surface area contributed by atoms with Gasteiger partial charge in [-0.15, -0.1) is 0 Å². The number of nitrogens with zero attached hydrogens (tertiary/aromatic N) is 2. The van der Waals surface area contributed by atoms with E-state index in [9.17, 15) is 0 Å². The molecule has 10 rings (SSSR count). The third-order valence-corrected chi connectivity index (χ3v) is 12.9. The van der Waals surface area contributed by atoms with Crippen molar-refractivity contribution in [2.24, 2.45) is 0 Å². The zero-order valence-electron chi connectivity index (χ0n) is 36.8. The van der Waals surface area contributed by atoms with Gasteiger partial charge < -0.3 is 9.80 Å². The maximum Gasteiger partial charge on any atom is 0.0561 e. The lowest BCUT2D eigenvalue weighted by Crippen LogP contribution is -2.17. The first-order valence-corrected chi connectivity index (χ1v) is 21.9. The summed E-state index contributed by atoms with van der Waals surface area (Å²) in [5, 5.41) is 7.55. The number of rotatable bonds is 8. The highest BCUT2D eigenvalue weighted by molar-refractivity contribution is 6.29. The average Bonchev–Trinajstić information content (AvgIpc) is 3.29. The number of aryl methyl sites for hydroxylation is 2. The largest absolute Gasteiger partial charge is 0.309 e. The third-order valence-electron chi connectivity index (χ3n) is 12.9. The lowest BCUT2D eigenvalue weighted by Gasteiger charge is -2.35. The van der Waals surface area contributed by atoms with E-state index >= 15 is 0 Å². The summed E-state index contributed by atoms with van der Waals surface area (Å²) in [5.41, 5.74) is 18.0. The molecular formula is C60H52N2. The van der Waals surface area contributed by atoms with E-state index in [1.54, 1.807) is 0 Å². The van der Waals surface area contributed by atoms with E-state index in [-0.39, 0.29) is 5.41 Å². The summed E-state index contributed by atoms with van der Waals surface area (Å²) < 4.78 is 0. The molecule has 0 aliphatic rings. The van der Waals surface area contributed by atoms with Crippen molar-refractivity contribution in [1.29, 1.82) is 0 Å². The molecule has 2 nitrogen and oxygen atoms in total. The summed E-state index contributed by atoms with van der Waals surface area (Å²) >= 11 is 0. The van der Waals surface area contributed by atoms with Crippen molar-refractivity contribution in [3.8, 4) is 22.3 Å². The van der Waals surface area contributed by atoms with Crippen molar-refractivity contribution in [2.45, 2.75) is 53.9 Å². The van der Waals surface area contributed by atoms with E-state index in [2.05, 4.69) is 246 Å². The van der Waals surface area contributed by atoms with Crippen molar-refractivity contribution in [1.82, 2.24) is 0 Å². The smallest absolute Gasteiger partial charge is 0.0561 e. The Morgan fingerprint density at radius 2 is 0.758 bits per heavy atom. The van der Waals surface area contributed by atoms with Gasteiger partial charge in [-0.3, -0.25) is 0 Å². The summed E-state index contributed by atoms with van der Waals surface area (Å²) in [6.07, 6.45) is 0. The number of hydrogen-bond acceptors (Lipinski definition) is 2. The first kappa shape index (κ1) is 39.0. The Labute approximate surface area is 366 Å². The van der Waals surface area contributed by atoms with E-state index in [4.69, 9.17) is 0 Å². The van der Waals surface area contributed by atoms with Crippen LogP contribution >= 0.6 is 0 Å². The molecule has 0 radical (unpaired) electrons. The van der Waals surface area contributed by atoms with Gasteiger partial charge in [0.05, 0.1) is 22.7 Å². The molecule has 0 atom stereocenters. The molecule has 0 aliphatic carbocycles. The van der Waals surface area contributed by atoms with Crippen LogP contribution in [-0.4, -0.2) is 0 Å². The zero-order valence-corrected chi connectivity index (χ0v) is 36.8. The fraction of sp³-hybridized carbons (Fsp3) is 0.133. The molecule has 62 heavy (non-hydrogen) atoms. The van der Waals surface area contributed by atoms with Crippen LogP contribution in [0.5, 0.6) is 0 Å². The van der Waals surface area contributed by atoms with E-state index < -0.39 is 0 Å². The van der Waals surface area contributed by atoms with Gasteiger partial charge in [-0.1, -0.05) is 178 Å². The topological polar surface area (TPSA) is 6.48 Å². The molecule has 0 N–H and O–H groups in total. The maximum absolute atomic E-state index is 2.54. The Balaban J connectivity index is 1.37. The van der Waals surface area contributed by atoms with Gasteiger partial charge in [-0.2, -0.15) is 0 Å². The van der Waals surface area contributed by atoms with Crippen LogP contribution in [0, 0.1) is 27.7 Å². The van der Waals surface area contributed by atoms with E-state index in [0.717, 1.165) is 22.7 Å². The molecule has 0 saturated heterocycles. The highest BCUT2D eigenvalue weighted by atomic mass is 15.2. The molecule has 0 amide bonds. The number of benzene rings is 10. The van der Waals surface area contributed by atoms with E-state index in [1.807, 2.05) is 0 Å². The number of para-hydroxylation sites is 2. The van der Waals surface area contributed by atoms with Crippen LogP contribution in [0.15, 0.2) is 188 Å². The minimum absolute atomic E-state index is 0.00658. The van der Waals surface area contributed by atoms with Crippen LogP contribution in [0.2, 0.25) is 0 Å². The van der Waals surface area contributed by atoms with Gasteiger partial charge in [-0.05, 0) is 130 Å². The average molecular weight is 801 g/mol. The highest BCUT2D eigenvalue weighted by Crippen LogP contribution is 2.53. The van der Waals surface area contributed by atoms with Crippen LogP contribution in [0.1, 0.15) is 48.6 Å². The zero-order chi connectivity index (χ0) is 42.7. The first-order valence-electron chi connectivity index (χ1n) is 21.9. The first-order chi connectivity index (χ1) is 30.1. The Morgan fingerprint density at radius 3 is 1.15 bits per heavy atom. The Kier molecular flexibility index (Phi) is 9.68. The van der Waals surface area contributed by atoms with Gasteiger partial charge in [0.25, 0.3) is 0 Å². The fourth-order valence-corrected chi connectivity index (χ4v) is 9.83. The summed E-state index contributed by atoms with van der Waals surface area (Å²) in [5.74, 6) is 0. The Morgan fingerprint density at radius 1 is 0.371 bits per heavy atom. The van der Waals surface area contributed by atoms with Crippen LogP contribution in [0.4, 0.5) is 34.1 Å². The van der Waals surface area contributed by atoms with Gasteiger partial charge in [0, 0.05) is 27.5 Å². The number of hydrogen-bond donors (Lipinski definition) is 0. The monoisotopic (exact) mass is 800 g/mol. The normalized spacial score (nSPS) is 11.8. The second kappa shape index (κ2) is 15.4. The molecule has 0 aliphatic heterocycles. The van der Waals surface area contributed by atoms with Crippen molar-refractivity contribution in [2.75, 3.05) is 9.80 Å². The molecule has 0 heterocycles. The second-order valence-electron chi connectivity index (χ2n) is 17.9. The summed E-state index contributed by atoms with van der Waals surface area (Å²) in [7, 11) is 0. The molecule has 10 aromatic rings. The van der Waals surface area contributed by atoms with Gasteiger partial charge in [0.2, 0.25) is 0 Å². The second-order valence-corrected chi connectivity index (χ2v) is 17.9. The predicted octanol–water partition coefficient (Wildman–Crippen LogP) is 17.4. The standard InChI is InChI=1S/C60H52N2/c1-39-28-32-50(43-20-12-8-13-21-43)41(3)58(39)61(48-24-16-10-17-25-48)54-38-55(53-35-31-46-37-47(60(5,6)7)36-45-30-34-52(54)57(53)56(45)46)62(49-26-18-11-19-27-49)59-40(2)29-33-51(42(59)4)44-22-14-9-15-23-44/h8-38H,1-7H3. The molecule has 10 aromatic carbocycles. The van der Waals surface area contributed by atoms with Crippen LogP contribution in [0.25, 0.3) is 54.6 Å². The van der Waals surface area contributed by atoms with Crippen LogP contribution < -0.4 is 9.80 Å². The molecule has 0 aromatic heterocycles. The lowest BCUT2D eigenvalue weighted by molar-refractivity contribution is 0.591. The SMILES string of the molecule is Cc1ccc(-c2ccccc2)c(C)c1N(c1ccccc1)c1cc(N(c2ccccc2)c2c(C)ccc(-c3ccccc3)c2C)c2ccc3cc(C(C)(C)C)cc4ccc1c2c43. The highest BCUT2D eigenvalue weighted by Gasteiger charge is 2.28. The summed E-state index contributed by atoms with van der Waals surface area (Å²) in [6, 6.07) is 69.5.